The van der Waals surface area contributed by atoms with Crippen molar-refractivity contribution in [2.24, 2.45) is 0 Å². The molecule has 0 aliphatic carbocycles. The predicted molar refractivity (Wildman–Crippen MR) is 93.2 cm³/mol. The Bertz CT molecular complexity index is 624. The van der Waals surface area contributed by atoms with E-state index in [-0.39, 0.29) is 17.9 Å². The lowest BCUT2D eigenvalue weighted by Crippen LogP contribution is -2.42. The summed E-state index contributed by atoms with van der Waals surface area (Å²) < 4.78 is 0. The van der Waals surface area contributed by atoms with Crippen LogP contribution < -0.4 is 10.6 Å². The second-order valence-corrected chi connectivity index (χ2v) is 6.69. The molecular formula is C18H22N2O2S. The fraction of sp³-hybridized carbons (Fsp3) is 0.333. The molecule has 1 heterocycles. The van der Waals surface area contributed by atoms with Crippen molar-refractivity contribution in [2.75, 3.05) is 0 Å². The number of carbonyl (C=O) groups excluding carboxylic acids is 2. The van der Waals surface area contributed by atoms with Gasteiger partial charge in [0.2, 0.25) is 11.8 Å². The van der Waals surface area contributed by atoms with Gasteiger partial charge in [0.25, 0.3) is 0 Å². The smallest absolute Gasteiger partial charge is 0.247 e. The van der Waals surface area contributed by atoms with E-state index in [2.05, 4.69) is 10.6 Å². The number of carbonyl (C=O) groups is 2. The van der Waals surface area contributed by atoms with Crippen molar-refractivity contribution >= 4 is 23.2 Å². The predicted octanol–water partition coefficient (Wildman–Crippen LogP) is 3.06. The zero-order chi connectivity index (χ0) is 16.7. The summed E-state index contributed by atoms with van der Waals surface area (Å²) in [5, 5.41) is 7.72. The molecule has 122 valence electrons. The highest BCUT2D eigenvalue weighted by molar-refractivity contribution is 7.09. The number of benzene rings is 1. The van der Waals surface area contributed by atoms with Crippen LogP contribution in [0.4, 0.5) is 0 Å². The summed E-state index contributed by atoms with van der Waals surface area (Å²) in [4.78, 5) is 25.8. The quantitative estimate of drug-likeness (QED) is 0.820. The number of hydrogen-bond acceptors (Lipinski definition) is 3. The first-order valence-corrected chi connectivity index (χ1v) is 8.61. The third-order valence-corrected chi connectivity index (χ3v) is 4.25. The third-order valence-electron chi connectivity index (χ3n) is 3.31. The molecule has 0 fully saturated rings. The highest BCUT2D eigenvalue weighted by atomic mass is 32.1. The molecule has 1 atom stereocenters. The summed E-state index contributed by atoms with van der Waals surface area (Å²) in [5.41, 5.74) is 0.787. The highest BCUT2D eigenvalue weighted by Crippen LogP contribution is 2.15. The molecule has 1 aromatic heterocycles. The molecule has 0 saturated heterocycles. The van der Waals surface area contributed by atoms with Gasteiger partial charge in [-0.1, -0.05) is 36.4 Å². The van der Waals surface area contributed by atoms with Crippen LogP contribution in [0.2, 0.25) is 0 Å². The number of aryl methyl sites for hydroxylation is 1. The molecule has 0 saturated carbocycles. The molecule has 0 radical (unpaired) electrons. The molecule has 0 spiro atoms. The van der Waals surface area contributed by atoms with Crippen molar-refractivity contribution < 1.29 is 9.59 Å². The Balaban J connectivity index is 2.01. The number of amides is 2. The Labute approximate surface area is 140 Å². The molecular weight excluding hydrogens is 308 g/mol. The number of rotatable bonds is 7. The minimum Gasteiger partial charge on any atom is -0.352 e. The topological polar surface area (TPSA) is 58.2 Å². The lowest BCUT2D eigenvalue weighted by Gasteiger charge is -2.20. The maximum Gasteiger partial charge on any atom is 0.247 e. The molecule has 2 amide bonds. The monoisotopic (exact) mass is 330 g/mol. The van der Waals surface area contributed by atoms with Gasteiger partial charge in [-0.3, -0.25) is 9.59 Å². The van der Waals surface area contributed by atoms with E-state index in [9.17, 15) is 9.59 Å². The van der Waals surface area contributed by atoms with Crippen LogP contribution in [0.25, 0.3) is 0 Å². The van der Waals surface area contributed by atoms with E-state index in [1.54, 1.807) is 11.3 Å². The van der Waals surface area contributed by atoms with Crippen molar-refractivity contribution in [3.05, 3.63) is 58.3 Å². The van der Waals surface area contributed by atoms with Gasteiger partial charge in [0.1, 0.15) is 6.04 Å². The molecule has 23 heavy (non-hydrogen) atoms. The molecule has 4 nitrogen and oxygen atoms in total. The van der Waals surface area contributed by atoms with E-state index in [0.29, 0.717) is 12.8 Å². The average Bonchev–Trinajstić information content (AvgIpc) is 3.04. The van der Waals surface area contributed by atoms with Crippen LogP contribution in [0.1, 0.15) is 36.8 Å². The minimum absolute atomic E-state index is 0.0248. The van der Waals surface area contributed by atoms with Gasteiger partial charge >= 0.3 is 0 Å². The van der Waals surface area contributed by atoms with Gasteiger partial charge in [0.15, 0.2) is 0 Å². The van der Waals surface area contributed by atoms with Crippen molar-refractivity contribution in [3.63, 3.8) is 0 Å². The van der Waals surface area contributed by atoms with Crippen molar-refractivity contribution in [2.45, 2.75) is 38.8 Å². The van der Waals surface area contributed by atoms with Gasteiger partial charge in [-0.2, -0.15) is 0 Å². The van der Waals surface area contributed by atoms with E-state index < -0.39 is 6.04 Å². The van der Waals surface area contributed by atoms with Crippen molar-refractivity contribution in [1.82, 2.24) is 10.6 Å². The molecule has 2 rings (SSSR count). The zero-order valence-electron chi connectivity index (χ0n) is 13.4. The Morgan fingerprint density at radius 1 is 1.04 bits per heavy atom. The summed E-state index contributed by atoms with van der Waals surface area (Å²) in [6.45, 7) is 3.80. The summed E-state index contributed by atoms with van der Waals surface area (Å²) in [6.07, 6.45) is 1.07. The first kappa shape index (κ1) is 17.2. The second-order valence-electron chi connectivity index (χ2n) is 5.65. The van der Waals surface area contributed by atoms with E-state index in [1.165, 1.54) is 4.88 Å². The van der Waals surface area contributed by atoms with Gasteiger partial charge in [-0.15, -0.1) is 11.3 Å². The summed E-state index contributed by atoms with van der Waals surface area (Å²) in [5.74, 6) is -0.304. The summed E-state index contributed by atoms with van der Waals surface area (Å²) >= 11 is 1.64. The van der Waals surface area contributed by atoms with Crippen LogP contribution in [-0.2, 0) is 16.0 Å². The molecule has 1 aromatic carbocycles. The Kier molecular flexibility index (Phi) is 6.35. The minimum atomic E-state index is -0.658. The zero-order valence-corrected chi connectivity index (χ0v) is 14.2. The third kappa shape index (κ3) is 5.53. The molecule has 0 unspecified atom stereocenters. The maximum atomic E-state index is 12.4. The van der Waals surface area contributed by atoms with Crippen LogP contribution in [0, 0.1) is 0 Å². The van der Waals surface area contributed by atoms with E-state index in [1.807, 2.05) is 61.7 Å². The first-order chi connectivity index (χ1) is 11.1. The van der Waals surface area contributed by atoms with E-state index in [0.717, 1.165) is 5.56 Å². The van der Waals surface area contributed by atoms with Gasteiger partial charge in [-0.05, 0) is 37.3 Å². The SMILES string of the molecule is CC(C)NC(=O)[C@@H](NC(=O)CCc1cccs1)c1ccccc1. The lowest BCUT2D eigenvalue weighted by molar-refractivity contribution is -0.129. The van der Waals surface area contributed by atoms with Gasteiger partial charge in [-0.25, -0.2) is 0 Å². The fourth-order valence-electron chi connectivity index (χ4n) is 2.24. The van der Waals surface area contributed by atoms with E-state index in [4.69, 9.17) is 0 Å². The van der Waals surface area contributed by atoms with Crippen LogP contribution in [0.15, 0.2) is 47.8 Å². The van der Waals surface area contributed by atoms with Crippen molar-refractivity contribution in [3.8, 4) is 0 Å². The summed E-state index contributed by atoms with van der Waals surface area (Å²) in [6, 6.07) is 12.7. The maximum absolute atomic E-state index is 12.4. The largest absolute Gasteiger partial charge is 0.352 e. The lowest BCUT2D eigenvalue weighted by atomic mass is 10.1. The fourth-order valence-corrected chi connectivity index (χ4v) is 2.95. The number of thiophene rings is 1. The van der Waals surface area contributed by atoms with Crippen LogP contribution in [-0.4, -0.2) is 17.9 Å². The first-order valence-electron chi connectivity index (χ1n) is 7.73. The molecule has 0 aliphatic rings. The second kappa shape index (κ2) is 8.48. The number of hydrogen-bond donors (Lipinski definition) is 2. The molecule has 2 N–H and O–H groups in total. The van der Waals surface area contributed by atoms with Crippen LogP contribution in [0.5, 0.6) is 0 Å². The Hall–Kier alpha value is -2.14. The summed E-state index contributed by atoms with van der Waals surface area (Å²) in [7, 11) is 0. The normalized spacial score (nSPS) is 12.0. The van der Waals surface area contributed by atoms with Gasteiger partial charge in [0.05, 0.1) is 0 Å². The molecule has 5 heteroatoms. The van der Waals surface area contributed by atoms with Crippen LogP contribution in [0.3, 0.4) is 0 Å². The van der Waals surface area contributed by atoms with Gasteiger partial charge < -0.3 is 10.6 Å². The van der Waals surface area contributed by atoms with Crippen molar-refractivity contribution in [1.29, 1.82) is 0 Å². The Morgan fingerprint density at radius 2 is 1.78 bits per heavy atom. The molecule has 2 aromatic rings. The Morgan fingerprint density at radius 3 is 2.39 bits per heavy atom. The number of nitrogens with one attached hydrogen (secondary N) is 2. The van der Waals surface area contributed by atoms with E-state index >= 15 is 0 Å². The van der Waals surface area contributed by atoms with Gasteiger partial charge in [0, 0.05) is 17.3 Å². The molecule has 0 bridgehead atoms. The standard InChI is InChI=1S/C18H22N2O2S/c1-13(2)19-18(22)17(14-7-4-3-5-8-14)20-16(21)11-10-15-9-6-12-23-15/h3-9,12-13,17H,10-11H2,1-2H3,(H,19,22)(H,20,21)/t17-/m0/s1. The van der Waals surface area contributed by atoms with Crippen LogP contribution >= 0.6 is 11.3 Å². The molecule has 0 aliphatic heterocycles. The highest BCUT2D eigenvalue weighted by Gasteiger charge is 2.22. The average molecular weight is 330 g/mol.